The summed E-state index contributed by atoms with van der Waals surface area (Å²) in [4.78, 5) is 13.0. The number of aldehydes is 1. The van der Waals surface area contributed by atoms with Gasteiger partial charge in [-0.15, -0.1) is 0 Å². The number of azide groups is 1. The van der Waals surface area contributed by atoms with E-state index < -0.39 is 0 Å². The Hall–Kier alpha value is -2.24. The number of ether oxygens (including phenoxy) is 2. The topological polar surface area (TPSA) is 105 Å². The average molecular weight is 251 g/mol. The van der Waals surface area contributed by atoms with E-state index in [2.05, 4.69) is 10.0 Å². The van der Waals surface area contributed by atoms with Crippen LogP contribution >= 0.6 is 0 Å². The van der Waals surface area contributed by atoms with E-state index in [1.54, 1.807) is 6.07 Å². The molecule has 0 bridgehead atoms. The van der Waals surface area contributed by atoms with Crippen molar-refractivity contribution >= 4 is 6.29 Å². The van der Waals surface area contributed by atoms with Crippen molar-refractivity contribution in [2.45, 2.75) is 0 Å². The third-order valence-electron chi connectivity index (χ3n) is 2.00. The minimum absolute atomic E-state index is 0.0892. The van der Waals surface area contributed by atoms with Gasteiger partial charge in [0.2, 0.25) is 0 Å². The molecule has 0 aromatic heterocycles. The lowest BCUT2D eigenvalue weighted by Gasteiger charge is -2.08. The average Bonchev–Trinajstić information content (AvgIpc) is 2.39. The van der Waals surface area contributed by atoms with Gasteiger partial charge in [-0.1, -0.05) is 5.11 Å². The van der Waals surface area contributed by atoms with Crippen molar-refractivity contribution in [3.05, 3.63) is 34.2 Å². The molecule has 0 aliphatic rings. The number of hydrogen-bond donors (Lipinski definition) is 1. The van der Waals surface area contributed by atoms with Crippen LogP contribution in [0.25, 0.3) is 10.4 Å². The monoisotopic (exact) mass is 251 g/mol. The molecular formula is C11H13N3O4. The van der Waals surface area contributed by atoms with Crippen LogP contribution in [0.2, 0.25) is 0 Å². The van der Waals surface area contributed by atoms with Gasteiger partial charge in [-0.05, 0) is 23.7 Å². The second kappa shape index (κ2) is 7.94. The highest BCUT2D eigenvalue weighted by atomic mass is 16.5. The molecule has 1 aromatic carbocycles. The van der Waals surface area contributed by atoms with Crippen LogP contribution in [0.15, 0.2) is 23.3 Å². The van der Waals surface area contributed by atoms with Crippen molar-refractivity contribution in [2.24, 2.45) is 5.11 Å². The first-order valence-electron chi connectivity index (χ1n) is 5.27. The lowest BCUT2D eigenvalue weighted by molar-refractivity contribution is 0.104. The SMILES string of the molecule is [N-]=[N+]=NCCOCCOc1ccc(C=O)cc1O. The Morgan fingerprint density at radius 1 is 1.39 bits per heavy atom. The third-order valence-corrected chi connectivity index (χ3v) is 2.00. The maximum Gasteiger partial charge on any atom is 0.161 e. The molecule has 7 nitrogen and oxygen atoms in total. The lowest BCUT2D eigenvalue weighted by Crippen LogP contribution is -2.08. The number of rotatable bonds is 8. The molecule has 0 heterocycles. The van der Waals surface area contributed by atoms with Gasteiger partial charge in [-0.25, -0.2) is 0 Å². The maximum atomic E-state index is 10.4. The highest BCUT2D eigenvalue weighted by Crippen LogP contribution is 2.25. The Morgan fingerprint density at radius 2 is 2.22 bits per heavy atom. The van der Waals surface area contributed by atoms with E-state index in [4.69, 9.17) is 15.0 Å². The number of phenols is 1. The fourth-order valence-corrected chi connectivity index (χ4v) is 1.19. The van der Waals surface area contributed by atoms with E-state index in [9.17, 15) is 9.90 Å². The van der Waals surface area contributed by atoms with Gasteiger partial charge in [0.1, 0.15) is 12.9 Å². The fraction of sp³-hybridized carbons (Fsp3) is 0.364. The normalized spacial score (nSPS) is 9.56. The van der Waals surface area contributed by atoms with Gasteiger partial charge < -0.3 is 14.6 Å². The summed E-state index contributed by atoms with van der Waals surface area (Å²) in [5.74, 6) is 0.202. The van der Waals surface area contributed by atoms with Gasteiger partial charge >= 0.3 is 0 Å². The molecule has 0 aliphatic carbocycles. The molecular weight excluding hydrogens is 238 g/mol. The summed E-state index contributed by atoms with van der Waals surface area (Å²) in [6, 6.07) is 4.38. The second-order valence-corrected chi connectivity index (χ2v) is 3.26. The molecule has 0 radical (unpaired) electrons. The Balaban J connectivity index is 2.27. The fourth-order valence-electron chi connectivity index (χ4n) is 1.19. The van der Waals surface area contributed by atoms with Gasteiger partial charge in [-0.2, -0.15) is 0 Å². The maximum absolute atomic E-state index is 10.4. The van der Waals surface area contributed by atoms with E-state index in [1.165, 1.54) is 12.1 Å². The number of aromatic hydroxyl groups is 1. The summed E-state index contributed by atoms with van der Waals surface area (Å²) in [6.45, 7) is 1.17. The molecule has 1 aromatic rings. The first-order chi connectivity index (χ1) is 8.77. The predicted octanol–water partition coefficient (Wildman–Crippen LogP) is 1.91. The van der Waals surface area contributed by atoms with Gasteiger partial charge in [0.25, 0.3) is 0 Å². The Morgan fingerprint density at radius 3 is 2.89 bits per heavy atom. The molecule has 0 saturated heterocycles. The zero-order chi connectivity index (χ0) is 13.2. The highest BCUT2D eigenvalue weighted by molar-refractivity contribution is 5.76. The summed E-state index contributed by atoms with van der Waals surface area (Å²) in [7, 11) is 0. The van der Waals surface area contributed by atoms with Crippen molar-refractivity contribution < 1.29 is 19.4 Å². The molecule has 0 saturated carbocycles. The second-order valence-electron chi connectivity index (χ2n) is 3.26. The molecule has 0 aliphatic heterocycles. The van der Waals surface area contributed by atoms with Crippen LogP contribution in [0.5, 0.6) is 11.5 Å². The van der Waals surface area contributed by atoms with Crippen LogP contribution in [0, 0.1) is 0 Å². The van der Waals surface area contributed by atoms with Gasteiger partial charge in [0.05, 0.1) is 13.2 Å². The van der Waals surface area contributed by atoms with Crippen LogP contribution in [-0.4, -0.2) is 37.8 Å². The van der Waals surface area contributed by atoms with E-state index in [0.29, 0.717) is 30.8 Å². The summed E-state index contributed by atoms with van der Waals surface area (Å²) >= 11 is 0. The first kappa shape index (κ1) is 13.8. The van der Waals surface area contributed by atoms with Crippen LogP contribution in [-0.2, 0) is 4.74 Å². The number of benzene rings is 1. The van der Waals surface area contributed by atoms with E-state index in [0.717, 1.165) is 0 Å². The third kappa shape index (κ3) is 4.73. The number of carbonyl (C=O) groups is 1. The molecule has 18 heavy (non-hydrogen) atoms. The highest BCUT2D eigenvalue weighted by Gasteiger charge is 2.03. The quantitative estimate of drug-likeness (QED) is 0.250. The van der Waals surface area contributed by atoms with Crippen molar-refractivity contribution in [3.63, 3.8) is 0 Å². The predicted molar refractivity (Wildman–Crippen MR) is 63.8 cm³/mol. The lowest BCUT2D eigenvalue weighted by atomic mass is 10.2. The standard InChI is InChI=1S/C11H13N3O4/c12-14-13-3-4-17-5-6-18-11-2-1-9(8-15)7-10(11)16/h1-2,7-8,16H,3-6H2. The molecule has 7 heteroatoms. The molecule has 0 amide bonds. The molecule has 0 atom stereocenters. The molecule has 1 rings (SSSR count). The van der Waals surface area contributed by atoms with E-state index in [-0.39, 0.29) is 18.9 Å². The summed E-state index contributed by atoms with van der Waals surface area (Å²) < 4.78 is 10.4. The van der Waals surface area contributed by atoms with Crippen molar-refractivity contribution in [2.75, 3.05) is 26.4 Å². The van der Waals surface area contributed by atoms with Crippen LogP contribution < -0.4 is 4.74 Å². The largest absolute Gasteiger partial charge is 0.504 e. The molecule has 0 spiro atoms. The van der Waals surface area contributed by atoms with Gasteiger partial charge in [-0.3, -0.25) is 4.79 Å². The molecule has 0 unspecified atom stereocenters. The Labute approximate surface area is 104 Å². The molecule has 96 valence electrons. The van der Waals surface area contributed by atoms with Crippen molar-refractivity contribution in [1.29, 1.82) is 0 Å². The smallest absolute Gasteiger partial charge is 0.161 e. The minimum Gasteiger partial charge on any atom is -0.504 e. The van der Waals surface area contributed by atoms with Gasteiger partial charge in [0.15, 0.2) is 11.5 Å². The van der Waals surface area contributed by atoms with Crippen LogP contribution in [0.4, 0.5) is 0 Å². The Kier molecular flexibility index (Phi) is 6.10. The minimum atomic E-state index is -0.0892. The number of phenolic OH excluding ortho intramolecular Hbond substituents is 1. The summed E-state index contributed by atoms with van der Waals surface area (Å²) in [5.41, 5.74) is 8.40. The zero-order valence-electron chi connectivity index (χ0n) is 9.65. The van der Waals surface area contributed by atoms with Crippen molar-refractivity contribution in [1.82, 2.24) is 0 Å². The van der Waals surface area contributed by atoms with E-state index in [1.807, 2.05) is 0 Å². The van der Waals surface area contributed by atoms with Crippen LogP contribution in [0.3, 0.4) is 0 Å². The van der Waals surface area contributed by atoms with Gasteiger partial charge in [0, 0.05) is 17.0 Å². The summed E-state index contributed by atoms with van der Waals surface area (Å²) in [6.07, 6.45) is 0.641. The van der Waals surface area contributed by atoms with Crippen molar-refractivity contribution in [3.8, 4) is 11.5 Å². The Bertz CT molecular complexity index is 444. The first-order valence-corrected chi connectivity index (χ1v) is 5.27. The molecule has 0 fully saturated rings. The summed E-state index contributed by atoms with van der Waals surface area (Å²) in [5, 5.41) is 12.8. The number of hydrogen-bond acceptors (Lipinski definition) is 5. The number of carbonyl (C=O) groups excluding carboxylic acids is 1. The van der Waals surface area contributed by atoms with E-state index >= 15 is 0 Å². The molecule has 1 N–H and O–H groups in total. The number of nitrogens with zero attached hydrogens (tertiary/aromatic N) is 3. The zero-order valence-corrected chi connectivity index (χ0v) is 9.65. The van der Waals surface area contributed by atoms with Crippen LogP contribution in [0.1, 0.15) is 10.4 Å².